The Bertz CT molecular complexity index is 989. The number of aliphatic hydroxyl groups is 1. The van der Waals surface area contributed by atoms with E-state index >= 15 is 0 Å². The fraction of sp³-hybridized carbons (Fsp3) is 0.636. The van der Waals surface area contributed by atoms with E-state index in [1.54, 1.807) is 18.1 Å². The number of methoxy groups -OCH3 is 1. The van der Waals surface area contributed by atoms with Crippen LogP contribution in [0, 0.1) is 17.8 Å². The minimum Gasteiger partial charge on any atom is -0.494 e. The first-order valence-corrected chi connectivity index (χ1v) is 11.0. The highest BCUT2D eigenvalue weighted by Crippen LogP contribution is 2.40. The maximum Gasteiger partial charge on any atom is 0.393 e. The van der Waals surface area contributed by atoms with Crippen molar-refractivity contribution < 1.29 is 27.8 Å². The second-order valence-corrected chi connectivity index (χ2v) is 8.91. The van der Waals surface area contributed by atoms with Gasteiger partial charge in [0, 0.05) is 50.0 Å². The predicted molar refractivity (Wildman–Crippen MR) is 113 cm³/mol. The van der Waals surface area contributed by atoms with Gasteiger partial charge in [0.2, 0.25) is 5.95 Å². The molecule has 0 unspecified atom stereocenters. The van der Waals surface area contributed by atoms with E-state index in [9.17, 15) is 18.3 Å². The number of halogens is 3. The third-order valence-electron chi connectivity index (χ3n) is 7.02. The van der Waals surface area contributed by atoms with E-state index in [-0.39, 0.29) is 37.5 Å². The molecule has 1 N–H and O–H groups in total. The van der Waals surface area contributed by atoms with Crippen molar-refractivity contribution in [3.63, 3.8) is 0 Å². The number of rotatable bonds is 4. The number of hydrogen-bond acceptors (Lipinski definition) is 7. The summed E-state index contributed by atoms with van der Waals surface area (Å²) in [4.78, 5) is 13.2. The Hall–Kier alpha value is -2.33. The monoisotopic (exact) mass is 452 g/mol. The highest BCUT2D eigenvalue weighted by atomic mass is 19.4. The van der Waals surface area contributed by atoms with Crippen LogP contribution in [0.2, 0.25) is 0 Å². The number of alkyl halides is 3. The second-order valence-electron chi connectivity index (χ2n) is 8.91. The first-order chi connectivity index (χ1) is 15.4. The Morgan fingerprint density at radius 2 is 2.03 bits per heavy atom. The van der Waals surface area contributed by atoms with Gasteiger partial charge in [0.15, 0.2) is 0 Å². The molecule has 0 aliphatic carbocycles. The molecule has 32 heavy (non-hydrogen) atoms. The molecule has 2 aromatic rings. The van der Waals surface area contributed by atoms with Crippen LogP contribution in [0.25, 0.3) is 10.9 Å². The topological polar surface area (TPSA) is 71.0 Å². The van der Waals surface area contributed by atoms with E-state index in [2.05, 4.69) is 9.88 Å². The molecule has 3 fully saturated rings. The van der Waals surface area contributed by atoms with Gasteiger partial charge in [-0.05, 0) is 25.0 Å². The number of para-hydroxylation sites is 1. The van der Waals surface area contributed by atoms with Crippen molar-refractivity contribution in [3.8, 4) is 5.75 Å². The van der Waals surface area contributed by atoms with Gasteiger partial charge in [-0.3, -0.25) is 0 Å². The van der Waals surface area contributed by atoms with Crippen LogP contribution in [0.1, 0.15) is 12.8 Å². The van der Waals surface area contributed by atoms with E-state index in [0.29, 0.717) is 55.7 Å². The molecule has 4 atom stereocenters. The molecule has 1 aromatic carbocycles. The van der Waals surface area contributed by atoms with Crippen molar-refractivity contribution >= 4 is 22.7 Å². The molecule has 0 spiro atoms. The average molecular weight is 452 g/mol. The molecule has 5 rings (SSSR count). The lowest BCUT2D eigenvalue weighted by molar-refractivity contribution is -0.176. The van der Waals surface area contributed by atoms with Crippen molar-refractivity contribution in [1.82, 2.24) is 9.97 Å². The molecule has 3 aliphatic heterocycles. The number of ether oxygens (including phenoxy) is 2. The zero-order valence-corrected chi connectivity index (χ0v) is 17.9. The summed E-state index contributed by atoms with van der Waals surface area (Å²) < 4.78 is 51.6. The molecular weight excluding hydrogens is 425 g/mol. The number of anilines is 2. The van der Waals surface area contributed by atoms with Crippen molar-refractivity contribution in [2.75, 3.05) is 56.3 Å². The molecule has 0 radical (unpaired) electrons. The SMILES string of the molecule is COc1cccc2c(N3C[C@H]4[C@@H](CO)CO[C@H]4C3)nc(N3CCC[C@@H](C(F)(F)F)C3)nc12. The molecule has 3 aliphatic rings. The minimum absolute atomic E-state index is 0.0100. The Balaban J connectivity index is 1.54. The Morgan fingerprint density at radius 3 is 2.78 bits per heavy atom. The molecule has 1 aromatic heterocycles. The van der Waals surface area contributed by atoms with Gasteiger partial charge in [-0.15, -0.1) is 0 Å². The van der Waals surface area contributed by atoms with E-state index in [0.717, 1.165) is 5.39 Å². The summed E-state index contributed by atoms with van der Waals surface area (Å²) in [6.07, 6.45) is -3.67. The Labute approximate surface area is 184 Å². The summed E-state index contributed by atoms with van der Waals surface area (Å²) in [5.74, 6) is 0.419. The highest BCUT2D eigenvalue weighted by Gasteiger charge is 2.45. The maximum atomic E-state index is 13.4. The first-order valence-electron chi connectivity index (χ1n) is 11.0. The third kappa shape index (κ3) is 3.73. The summed E-state index contributed by atoms with van der Waals surface area (Å²) in [6.45, 7) is 2.25. The number of aliphatic hydroxyl groups excluding tert-OH is 1. The largest absolute Gasteiger partial charge is 0.494 e. The summed E-state index contributed by atoms with van der Waals surface area (Å²) >= 11 is 0. The van der Waals surface area contributed by atoms with Gasteiger partial charge in [-0.1, -0.05) is 6.07 Å². The van der Waals surface area contributed by atoms with E-state index < -0.39 is 12.1 Å². The van der Waals surface area contributed by atoms with Crippen LogP contribution in [0.5, 0.6) is 5.75 Å². The molecule has 174 valence electrons. The first kappa shape index (κ1) is 21.5. The molecule has 10 heteroatoms. The fourth-order valence-electron chi connectivity index (χ4n) is 5.23. The molecule has 7 nitrogen and oxygen atoms in total. The summed E-state index contributed by atoms with van der Waals surface area (Å²) in [5.41, 5.74) is 0.584. The molecular formula is C22H27F3N4O3. The van der Waals surface area contributed by atoms with Crippen LogP contribution in [0.4, 0.5) is 24.9 Å². The van der Waals surface area contributed by atoms with Crippen LogP contribution in [0.3, 0.4) is 0 Å². The number of fused-ring (bicyclic) bond motifs is 2. The minimum atomic E-state index is -4.24. The van der Waals surface area contributed by atoms with Crippen molar-refractivity contribution in [2.45, 2.75) is 25.1 Å². The van der Waals surface area contributed by atoms with E-state index in [1.807, 2.05) is 12.1 Å². The maximum absolute atomic E-state index is 13.4. The molecule has 4 heterocycles. The molecule has 3 saturated heterocycles. The van der Waals surface area contributed by atoms with Crippen molar-refractivity contribution in [3.05, 3.63) is 18.2 Å². The lowest BCUT2D eigenvalue weighted by atomic mass is 9.94. The number of hydrogen-bond donors (Lipinski definition) is 1. The van der Waals surface area contributed by atoms with Crippen LogP contribution in [-0.2, 0) is 4.74 Å². The fourth-order valence-corrected chi connectivity index (χ4v) is 5.23. The van der Waals surface area contributed by atoms with Crippen LogP contribution in [0.15, 0.2) is 18.2 Å². The smallest absolute Gasteiger partial charge is 0.393 e. The summed E-state index contributed by atoms with van der Waals surface area (Å²) in [6, 6.07) is 5.56. The molecule has 0 amide bonds. The van der Waals surface area contributed by atoms with E-state index in [1.165, 1.54) is 0 Å². The van der Waals surface area contributed by atoms with Crippen LogP contribution >= 0.6 is 0 Å². The second kappa shape index (κ2) is 8.22. The summed E-state index contributed by atoms with van der Waals surface area (Å²) in [5, 5.41) is 10.5. The van der Waals surface area contributed by atoms with Gasteiger partial charge in [-0.25, -0.2) is 4.98 Å². The lowest BCUT2D eigenvalue weighted by Gasteiger charge is -2.34. The van der Waals surface area contributed by atoms with Crippen molar-refractivity contribution in [2.24, 2.45) is 17.8 Å². The third-order valence-corrected chi connectivity index (χ3v) is 7.02. The number of aromatic nitrogens is 2. The lowest BCUT2D eigenvalue weighted by Crippen LogP contribution is -2.42. The van der Waals surface area contributed by atoms with E-state index in [4.69, 9.17) is 14.5 Å². The Morgan fingerprint density at radius 1 is 1.19 bits per heavy atom. The van der Waals surface area contributed by atoms with Gasteiger partial charge >= 0.3 is 6.18 Å². The zero-order chi connectivity index (χ0) is 22.5. The van der Waals surface area contributed by atoms with Crippen LogP contribution in [-0.4, -0.2) is 73.9 Å². The normalized spacial score (nSPS) is 28.4. The van der Waals surface area contributed by atoms with Gasteiger partial charge < -0.3 is 24.4 Å². The van der Waals surface area contributed by atoms with Gasteiger partial charge in [-0.2, -0.15) is 18.2 Å². The highest BCUT2D eigenvalue weighted by molar-refractivity contribution is 5.94. The van der Waals surface area contributed by atoms with Gasteiger partial charge in [0.1, 0.15) is 17.1 Å². The van der Waals surface area contributed by atoms with Crippen LogP contribution < -0.4 is 14.5 Å². The standard InChI is InChI=1S/C22H27F3N4O3/c1-31-17-6-2-5-15-19(17)26-21(28-7-3-4-14(8-28)22(23,24)25)27-20(15)29-9-16-13(11-30)12-32-18(16)10-29/h2,5-6,13-14,16,18,30H,3-4,7-12H2,1H3/t13-,14+,16-,18-/m0/s1. The molecule has 0 bridgehead atoms. The van der Waals surface area contributed by atoms with Crippen molar-refractivity contribution in [1.29, 1.82) is 0 Å². The van der Waals surface area contributed by atoms with Gasteiger partial charge in [0.25, 0.3) is 0 Å². The Kier molecular flexibility index (Phi) is 5.53. The number of nitrogens with zero attached hydrogens (tertiary/aromatic N) is 4. The number of piperidine rings is 1. The number of benzene rings is 1. The zero-order valence-electron chi connectivity index (χ0n) is 17.9. The summed E-state index contributed by atoms with van der Waals surface area (Å²) in [7, 11) is 1.55. The average Bonchev–Trinajstić information content (AvgIpc) is 3.38. The molecule has 0 saturated carbocycles. The van der Waals surface area contributed by atoms with Gasteiger partial charge in [0.05, 0.1) is 25.7 Å². The quantitative estimate of drug-likeness (QED) is 0.765. The predicted octanol–water partition coefficient (Wildman–Crippen LogP) is 2.86.